The van der Waals surface area contributed by atoms with Gasteiger partial charge in [0.15, 0.2) is 29.6 Å². The molecule has 0 aliphatic carbocycles. The molecule has 2 heterocycles. The molecule has 3 rings (SSSR count). The summed E-state index contributed by atoms with van der Waals surface area (Å²) in [6, 6.07) is 1.07. The van der Waals surface area contributed by atoms with Gasteiger partial charge in [-0.1, -0.05) is 13.0 Å². The Morgan fingerprint density at radius 2 is 2.03 bits per heavy atom. The Bertz CT molecular complexity index is 933. The van der Waals surface area contributed by atoms with Crippen molar-refractivity contribution in [3.63, 3.8) is 0 Å². The zero-order chi connectivity index (χ0) is 23.1. The Hall–Kier alpha value is -2.69. The summed E-state index contributed by atoms with van der Waals surface area (Å²) in [6.07, 6.45) is -2.43. The first-order valence-electron chi connectivity index (χ1n) is 9.44. The van der Waals surface area contributed by atoms with Crippen molar-refractivity contribution in [2.45, 2.75) is 50.1 Å². The minimum atomic E-state index is -4.85. The number of methoxy groups -OCH3 is 1. The standard InChI is InChI=1S/C20H21F5N2O4/c1-10-14(12-6-7-13(21)15(22)16(12)30-3)17(31-19(10,2)20(23,24)25)18(28)26-11-5-4-8-27(29)9-11/h4,6-11,14,17H,5H2,1-3H3,(H,26,28)/t10-,11?,14-,17+,19+/m0/s1. The summed E-state index contributed by atoms with van der Waals surface area (Å²) >= 11 is 0. The molecule has 0 radical (unpaired) electrons. The number of hydrogen-bond donors (Lipinski definition) is 1. The maximum absolute atomic E-state index is 14.3. The van der Waals surface area contributed by atoms with Gasteiger partial charge in [-0.3, -0.25) is 4.79 Å². The zero-order valence-electron chi connectivity index (χ0n) is 16.9. The van der Waals surface area contributed by atoms with E-state index in [0.29, 0.717) is 4.74 Å². The molecular weight excluding hydrogens is 427 g/mol. The van der Waals surface area contributed by atoms with Gasteiger partial charge in [-0.2, -0.15) is 22.3 Å². The summed E-state index contributed by atoms with van der Waals surface area (Å²) in [5, 5.41) is 13.9. The van der Waals surface area contributed by atoms with E-state index in [9.17, 15) is 32.0 Å². The molecule has 0 saturated carbocycles. The van der Waals surface area contributed by atoms with E-state index in [-0.39, 0.29) is 12.0 Å². The average molecular weight is 448 g/mol. The number of nitrogens with one attached hydrogen (secondary N) is 1. The molecule has 11 heteroatoms. The van der Waals surface area contributed by atoms with Crippen molar-refractivity contribution < 1.29 is 41.0 Å². The van der Waals surface area contributed by atoms with Crippen molar-refractivity contribution in [3.05, 3.63) is 46.8 Å². The number of hydrogen-bond acceptors (Lipinski definition) is 4. The van der Waals surface area contributed by atoms with Crippen molar-refractivity contribution >= 4 is 12.1 Å². The van der Waals surface area contributed by atoms with Crippen LogP contribution in [-0.2, 0) is 9.53 Å². The quantitative estimate of drug-likeness (QED) is 0.436. The van der Waals surface area contributed by atoms with E-state index in [1.807, 2.05) is 0 Å². The number of hydroxylamine groups is 1. The lowest BCUT2D eigenvalue weighted by molar-refractivity contribution is -0.377. The monoisotopic (exact) mass is 448 g/mol. The van der Waals surface area contributed by atoms with Gasteiger partial charge in [0.25, 0.3) is 5.91 Å². The van der Waals surface area contributed by atoms with Gasteiger partial charge < -0.3 is 20.0 Å². The van der Waals surface area contributed by atoms with Gasteiger partial charge in [0, 0.05) is 23.8 Å². The molecule has 1 unspecified atom stereocenters. The molecular formula is C20H21F5N2O4. The van der Waals surface area contributed by atoms with Crippen molar-refractivity contribution in [3.8, 4) is 5.75 Å². The Morgan fingerprint density at radius 3 is 2.61 bits per heavy atom. The molecule has 0 bridgehead atoms. The highest BCUT2D eigenvalue weighted by Crippen LogP contribution is 2.54. The molecule has 170 valence electrons. The van der Waals surface area contributed by atoms with Crippen molar-refractivity contribution in [2.24, 2.45) is 5.92 Å². The molecule has 1 fully saturated rings. The van der Waals surface area contributed by atoms with Crippen molar-refractivity contribution in [2.75, 3.05) is 7.11 Å². The van der Waals surface area contributed by atoms with Gasteiger partial charge in [-0.25, -0.2) is 4.39 Å². The van der Waals surface area contributed by atoms with Crippen LogP contribution in [0.4, 0.5) is 22.0 Å². The highest BCUT2D eigenvalue weighted by molar-refractivity contribution is 5.85. The van der Waals surface area contributed by atoms with Crippen LogP contribution >= 0.6 is 0 Å². The lowest BCUT2D eigenvalue weighted by Gasteiger charge is -2.32. The smallest absolute Gasteiger partial charge is 0.417 e. The van der Waals surface area contributed by atoms with Crippen LogP contribution in [0.1, 0.15) is 31.7 Å². The van der Waals surface area contributed by atoms with Crippen molar-refractivity contribution in [1.82, 2.24) is 5.32 Å². The topological polar surface area (TPSA) is 73.6 Å². The Labute approximate surface area is 174 Å². The van der Waals surface area contributed by atoms with Crippen LogP contribution < -0.4 is 10.1 Å². The van der Waals surface area contributed by atoms with Crippen LogP contribution in [0.5, 0.6) is 5.75 Å². The maximum atomic E-state index is 14.3. The molecule has 1 saturated heterocycles. The molecule has 5 atom stereocenters. The first-order valence-corrected chi connectivity index (χ1v) is 9.44. The highest BCUT2D eigenvalue weighted by atomic mass is 19.4. The SMILES string of the molecule is COc1c([C@H]2[C@H](C(=O)NC3C=[N+]([O-])C=CC3)O[C@@](C)(C(F)(F)F)[C@H]2C)ccc(F)c1F. The van der Waals surface area contributed by atoms with E-state index in [2.05, 4.69) is 5.32 Å². The van der Waals surface area contributed by atoms with E-state index in [1.54, 1.807) is 0 Å². The number of rotatable bonds is 4. The fraction of sp³-hybridized carbons (Fsp3) is 0.500. The van der Waals surface area contributed by atoms with Crippen molar-refractivity contribution in [1.29, 1.82) is 0 Å². The van der Waals surface area contributed by atoms with Gasteiger partial charge in [-0.05, 0) is 19.1 Å². The summed E-state index contributed by atoms with van der Waals surface area (Å²) in [6.45, 7) is 2.03. The van der Waals surface area contributed by atoms with Gasteiger partial charge in [0.2, 0.25) is 5.82 Å². The van der Waals surface area contributed by atoms with Crippen LogP contribution in [0.3, 0.4) is 0 Å². The van der Waals surface area contributed by atoms with Crippen LogP contribution in [0, 0.1) is 22.8 Å². The molecule has 1 aromatic rings. The second-order valence-electron chi connectivity index (χ2n) is 7.69. The molecule has 1 aromatic carbocycles. The van der Waals surface area contributed by atoms with Crippen LogP contribution in [0.25, 0.3) is 0 Å². The number of ether oxygens (including phenoxy) is 2. The fourth-order valence-electron chi connectivity index (χ4n) is 4.00. The van der Waals surface area contributed by atoms with Crippen LogP contribution in [-0.4, -0.2) is 47.9 Å². The first-order chi connectivity index (χ1) is 14.4. The third-order valence-corrected chi connectivity index (χ3v) is 5.87. The van der Waals surface area contributed by atoms with E-state index in [1.165, 1.54) is 19.2 Å². The molecule has 31 heavy (non-hydrogen) atoms. The second-order valence-corrected chi connectivity index (χ2v) is 7.69. The van der Waals surface area contributed by atoms with Gasteiger partial charge in [0.05, 0.1) is 7.11 Å². The number of alkyl halides is 3. The highest BCUT2D eigenvalue weighted by Gasteiger charge is 2.66. The van der Waals surface area contributed by atoms with Crippen LogP contribution in [0.2, 0.25) is 0 Å². The number of carbonyl (C=O) groups excluding carboxylic acids is 1. The minimum Gasteiger partial charge on any atom is -0.619 e. The predicted molar refractivity (Wildman–Crippen MR) is 99.5 cm³/mol. The molecule has 0 spiro atoms. The summed E-state index contributed by atoms with van der Waals surface area (Å²) < 4.78 is 80.2. The largest absolute Gasteiger partial charge is 0.619 e. The number of amides is 1. The Kier molecular flexibility index (Phi) is 6.01. The van der Waals surface area contributed by atoms with E-state index < -0.39 is 59.1 Å². The maximum Gasteiger partial charge on any atom is 0.417 e. The second kappa shape index (κ2) is 8.10. The number of halogens is 5. The number of benzene rings is 1. The summed E-state index contributed by atoms with van der Waals surface area (Å²) in [7, 11) is 1.05. The normalized spacial score (nSPS) is 30.8. The first kappa shape index (κ1) is 23.0. The van der Waals surface area contributed by atoms with E-state index in [0.717, 1.165) is 32.4 Å². The van der Waals surface area contributed by atoms with Gasteiger partial charge in [0.1, 0.15) is 12.1 Å². The summed E-state index contributed by atoms with van der Waals surface area (Å²) in [4.78, 5) is 12.9. The summed E-state index contributed by atoms with van der Waals surface area (Å²) in [5.74, 6) is -6.79. The number of carbonyl (C=O) groups is 1. The molecule has 2 aliphatic rings. The predicted octanol–water partition coefficient (Wildman–Crippen LogP) is 3.40. The lowest BCUT2D eigenvalue weighted by Crippen LogP contribution is -2.48. The summed E-state index contributed by atoms with van der Waals surface area (Å²) in [5.41, 5.74) is -2.86. The average Bonchev–Trinajstić information content (AvgIpc) is 2.96. The third-order valence-electron chi connectivity index (χ3n) is 5.87. The molecule has 2 aliphatic heterocycles. The zero-order valence-corrected chi connectivity index (χ0v) is 16.9. The van der Waals surface area contributed by atoms with E-state index >= 15 is 0 Å². The van der Waals surface area contributed by atoms with Crippen LogP contribution in [0.15, 0.2) is 24.4 Å². The minimum absolute atomic E-state index is 0.125. The molecule has 1 amide bonds. The lowest BCUT2D eigenvalue weighted by atomic mass is 9.77. The molecule has 0 aromatic heterocycles. The van der Waals surface area contributed by atoms with Gasteiger partial charge >= 0.3 is 6.18 Å². The fourth-order valence-corrected chi connectivity index (χ4v) is 4.00. The Balaban J connectivity index is 2.04. The molecule has 1 N–H and O–H groups in total. The van der Waals surface area contributed by atoms with Gasteiger partial charge in [-0.15, -0.1) is 0 Å². The Morgan fingerprint density at radius 1 is 1.35 bits per heavy atom. The third kappa shape index (κ3) is 3.98. The number of nitrogens with zero attached hydrogens (tertiary/aromatic N) is 1. The molecule has 6 nitrogen and oxygen atoms in total. The van der Waals surface area contributed by atoms with E-state index in [4.69, 9.17) is 9.47 Å².